The molecule has 2 fully saturated rings. The van der Waals surface area contributed by atoms with Crippen molar-refractivity contribution in [3.05, 3.63) is 16.4 Å². The minimum absolute atomic E-state index is 0.0546. The number of halogens is 1. The van der Waals surface area contributed by atoms with Gasteiger partial charge < -0.3 is 19.5 Å². The van der Waals surface area contributed by atoms with Gasteiger partial charge in [0.15, 0.2) is 11.1 Å². The standard InChI is InChI=1S/C21H23ClN6O6/c1-7(2)23-17(29)13-12-15(34-27-13)11(22)14-10(24-12)5-21(18(30)25-20(32)26-19(21)31)16-9(4)33-8(3)6-28(14)16/h7-9,16H,5-6H2,1-4H3,(H,23,29)(H2,25,26,30,31,32)/t8-,9+,16-/m1/s1. The van der Waals surface area contributed by atoms with Crippen molar-refractivity contribution in [1.82, 2.24) is 26.1 Å². The van der Waals surface area contributed by atoms with E-state index in [9.17, 15) is 19.2 Å². The van der Waals surface area contributed by atoms with Gasteiger partial charge in [-0.15, -0.1) is 0 Å². The molecule has 0 aliphatic carbocycles. The number of barbiturate groups is 1. The Kier molecular flexibility index (Phi) is 5.06. The fourth-order valence-corrected chi connectivity index (χ4v) is 5.58. The van der Waals surface area contributed by atoms with Crippen LogP contribution in [0.2, 0.25) is 5.02 Å². The number of pyridine rings is 1. The molecule has 34 heavy (non-hydrogen) atoms. The summed E-state index contributed by atoms with van der Waals surface area (Å²) in [5, 5.41) is 11.2. The molecule has 12 nitrogen and oxygen atoms in total. The molecule has 3 aliphatic heterocycles. The van der Waals surface area contributed by atoms with E-state index in [1.54, 1.807) is 20.8 Å². The van der Waals surface area contributed by atoms with Crippen LogP contribution in [0.3, 0.4) is 0 Å². The molecule has 13 heteroatoms. The van der Waals surface area contributed by atoms with Crippen molar-refractivity contribution >= 4 is 52.1 Å². The molecule has 1 spiro atoms. The fourth-order valence-electron chi connectivity index (χ4n) is 5.24. The number of rotatable bonds is 2. The van der Waals surface area contributed by atoms with E-state index in [2.05, 4.69) is 26.1 Å². The van der Waals surface area contributed by atoms with Crippen LogP contribution in [0.4, 0.5) is 10.5 Å². The molecule has 0 aromatic carbocycles. The van der Waals surface area contributed by atoms with E-state index in [0.29, 0.717) is 17.9 Å². The highest BCUT2D eigenvalue weighted by Crippen LogP contribution is 2.50. The van der Waals surface area contributed by atoms with Crippen molar-refractivity contribution in [2.75, 3.05) is 11.4 Å². The number of urea groups is 1. The number of hydrogen-bond acceptors (Lipinski definition) is 9. The number of imide groups is 2. The number of ether oxygens (including phenoxy) is 1. The second-order valence-corrected chi connectivity index (χ2v) is 9.57. The number of anilines is 1. The molecule has 2 aromatic rings. The normalized spacial score (nSPS) is 25.8. The third-order valence-corrected chi connectivity index (χ3v) is 6.76. The zero-order valence-corrected chi connectivity index (χ0v) is 19.6. The van der Waals surface area contributed by atoms with Crippen LogP contribution < -0.4 is 20.9 Å². The highest BCUT2D eigenvalue weighted by atomic mass is 35.5. The number of carbonyl (C=O) groups excluding carboxylic acids is 4. The molecule has 0 saturated carbocycles. The van der Waals surface area contributed by atoms with Crippen LogP contribution in [0.1, 0.15) is 43.9 Å². The summed E-state index contributed by atoms with van der Waals surface area (Å²) in [7, 11) is 0. The third kappa shape index (κ3) is 3.08. The Hall–Kier alpha value is -3.25. The monoisotopic (exact) mass is 490 g/mol. The first-order valence-electron chi connectivity index (χ1n) is 10.9. The van der Waals surface area contributed by atoms with Gasteiger partial charge in [-0.1, -0.05) is 16.8 Å². The number of amides is 5. The molecule has 0 unspecified atom stereocenters. The number of nitrogens with zero attached hydrogens (tertiary/aromatic N) is 3. The number of aromatic nitrogens is 2. The third-order valence-electron chi connectivity index (χ3n) is 6.41. The lowest BCUT2D eigenvalue weighted by atomic mass is 9.67. The van der Waals surface area contributed by atoms with E-state index in [0.717, 1.165) is 0 Å². The van der Waals surface area contributed by atoms with Gasteiger partial charge in [-0.3, -0.25) is 25.0 Å². The number of morpholine rings is 1. The Morgan fingerprint density at radius 1 is 1.24 bits per heavy atom. The van der Waals surface area contributed by atoms with Crippen molar-refractivity contribution in [3.63, 3.8) is 0 Å². The molecule has 5 rings (SSSR count). The van der Waals surface area contributed by atoms with Crippen LogP contribution in [0.15, 0.2) is 4.52 Å². The summed E-state index contributed by atoms with van der Waals surface area (Å²) >= 11 is 6.78. The van der Waals surface area contributed by atoms with E-state index in [4.69, 9.17) is 20.9 Å². The Labute approximate surface area is 198 Å². The van der Waals surface area contributed by atoms with Crippen molar-refractivity contribution in [1.29, 1.82) is 0 Å². The van der Waals surface area contributed by atoms with Crippen LogP contribution >= 0.6 is 11.6 Å². The van der Waals surface area contributed by atoms with E-state index in [-0.39, 0.29) is 40.4 Å². The van der Waals surface area contributed by atoms with Crippen LogP contribution in [0.5, 0.6) is 0 Å². The summed E-state index contributed by atoms with van der Waals surface area (Å²) in [6.45, 7) is 7.53. The molecular formula is C21H23ClN6O6. The maximum atomic E-state index is 13.2. The summed E-state index contributed by atoms with van der Waals surface area (Å²) in [6, 6.07) is -1.81. The maximum absolute atomic E-state index is 13.2. The second-order valence-electron chi connectivity index (χ2n) is 9.19. The lowest BCUT2D eigenvalue weighted by Gasteiger charge is -2.55. The molecular weight excluding hydrogens is 468 g/mol. The molecule has 5 heterocycles. The summed E-state index contributed by atoms with van der Waals surface area (Å²) in [5.74, 6) is -1.98. The number of fused-ring (bicyclic) bond motifs is 5. The van der Waals surface area contributed by atoms with Crippen molar-refractivity contribution in [2.45, 2.75) is 58.4 Å². The Morgan fingerprint density at radius 2 is 1.91 bits per heavy atom. The zero-order valence-electron chi connectivity index (χ0n) is 18.9. The highest BCUT2D eigenvalue weighted by Gasteiger charge is 2.63. The number of carbonyl (C=O) groups is 4. The van der Waals surface area contributed by atoms with Crippen LogP contribution in [-0.4, -0.2) is 64.7 Å². The van der Waals surface area contributed by atoms with Gasteiger partial charge in [-0.05, 0) is 27.7 Å². The van der Waals surface area contributed by atoms with Crippen LogP contribution in [0.25, 0.3) is 11.1 Å². The zero-order chi connectivity index (χ0) is 24.5. The van der Waals surface area contributed by atoms with Gasteiger partial charge in [0.25, 0.3) is 5.91 Å². The molecule has 0 bridgehead atoms. The molecule has 180 valence electrons. The van der Waals surface area contributed by atoms with E-state index in [1.165, 1.54) is 0 Å². The van der Waals surface area contributed by atoms with Gasteiger partial charge in [0, 0.05) is 19.0 Å². The van der Waals surface area contributed by atoms with Gasteiger partial charge in [0.2, 0.25) is 17.4 Å². The number of hydrogen-bond donors (Lipinski definition) is 3. The Morgan fingerprint density at radius 3 is 2.56 bits per heavy atom. The Bertz CT molecular complexity index is 1240. The minimum atomic E-state index is -1.71. The number of nitrogens with one attached hydrogen (secondary N) is 3. The SMILES string of the molecule is CC(C)NC(=O)c1noc2c(Cl)c3c(nc12)CC1(C(=O)NC(=O)NC1=O)[C@H]1[C@H](C)O[C@H](C)CN31. The first-order valence-corrected chi connectivity index (χ1v) is 11.3. The average Bonchev–Trinajstić information content (AvgIpc) is 3.15. The van der Waals surface area contributed by atoms with Crippen molar-refractivity contribution in [3.8, 4) is 0 Å². The molecule has 2 saturated heterocycles. The predicted octanol–water partition coefficient (Wildman–Crippen LogP) is 0.905. The predicted molar refractivity (Wildman–Crippen MR) is 118 cm³/mol. The highest BCUT2D eigenvalue weighted by molar-refractivity contribution is 6.38. The largest absolute Gasteiger partial charge is 0.372 e. The lowest BCUT2D eigenvalue weighted by molar-refractivity contribution is -0.153. The van der Waals surface area contributed by atoms with Gasteiger partial charge in [0.1, 0.15) is 10.5 Å². The van der Waals surface area contributed by atoms with Crippen LogP contribution in [-0.2, 0) is 20.7 Å². The molecule has 2 aromatic heterocycles. The van der Waals surface area contributed by atoms with Gasteiger partial charge >= 0.3 is 6.03 Å². The summed E-state index contributed by atoms with van der Waals surface area (Å²) in [6.07, 6.45) is -0.974. The summed E-state index contributed by atoms with van der Waals surface area (Å²) in [4.78, 5) is 57.4. The van der Waals surface area contributed by atoms with E-state index >= 15 is 0 Å². The molecule has 3 atom stereocenters. The maximum Gasteiger partial charge on any atom is 0.328 e. The van der Waals surface area contributed by atoms with Gasteiger partial charge in [-0.2, -0.15) is 0 Å². The van der Waals surface area contributed by atoms with E-state index < -0.39 is 41.3 Å². The molecule has 3 N–H and O–H groups in total. The van der Waals surface area contributed by atoms with Crippen molar-refractivity contribution in [2.24, 2.45) is 5.41 Å². The van der Waals surface area contributed by atoms with Crippen molar-refractivity contribution < 1.29 is 28.4 Å². The summed E-state index contributed by atoms with van der Waals surface area (Å²) < 4.78 is 11.4. The van der Waals surface area contributed by atoms with Crippen LogP contribution in [0, 0.1) is 5.41 Å². The average molecular weight is 491 g/mol. The first-order chi connectivity index (χ1) is 16.0. The first kappa shape index (κ1) is 22.5. The minimum Gasteiger partial charge on any atom is -0.372 e. The second kappa shape index (κ2) is 7.64. The molecule has 0 radical (unpaired) electrons. The topological polar surface area (TPSA) is 156 Å². The summed E-state index contributed by atoms with van der Waals surface area (Å²) in [5.41, 5.74) is -0.711. The smallest absolute Gasteiger partial charge is 0.328 e. The molecule has 3 aliphatic rings. The van der Waals surface area contributed by atoms with E-state index in [1.807, 2.05) is 11.8 Å². The molecule has 5 amide bonds. The lowest BCUT2D eigenvalue weighted by Crippen LogP contribution is -2.75. The quantitative estimate of drug-likeness (QED) is 0.520. The van der Waals surface area contributed by atoms with Gasteiger partial charge in [-0.25, -0.2) is 9.78 Å². The fraction of sp³-hybridized carbons (Fsp3) is 0.524. The van der Waals surface area contributed by atoms with Gasteiger partial charge in [0.05, 0.1) is 29.6 Å². The Balaban J connectivity index is 1.73.